The third-order valence-electron chi connectivity index (χ3n) is 2.94. The van der Waals surface area contributed by atoms with E-state index in [0.717, 1.165) is 5.69 Å². The molecule has 0 saturated carbocycles. The highest BCUT2D eigenvalue weighted by Crippen LogP contribution is 2.25. The summed E-state index contributed by atoms with van der Waals surface area (Å²) in [4.78, 5) is 7.31. The molecule has 6 nitrogen and oxygen atoms in total. The summed E-state index contributed by atoms with van der Waals surface area (Å²) >= 11 is 0. The molecule has 7 heteroatoms. The van der Waals surface area contributed by atoms with Crippen molar-refractivity contribution in [2.45, 2.75) is 26.3 Å². The van der Waals surface area contributed by atoms with Gasteiger partial charge in [0.25, 0.3) is 0 Å². The van der Waals surface area contributed by atoms with Gasteiger partial charge < -0.3 is 9.72 Å². The van der Waals surface area contributed by atoms with Crippen LogP contribution in [-0.4, -0.2) is 48.2 Å². The number of aromatic amines is 1. The number of H-pyrrole nitrogens is 1. The van der Waals surface area contributed by atoms with Crippen LogP contribution in [0.25, 0.3) is 0 Å². The van der Waals surface area contributed by atoms with Gasteiger partial charge in [-0.05, 0) is 13.3 Å². The van der Waals surface area contributed by atoms with Gasteiger partial charge in [0.05, 0.1) is 19.0 Å². The molecule has 1 fully saturated rings. The molecule has 1 saturated heterocycles. The molecule has 18 heavy (non-hydrogen) atoms. The van der Waals surface area contributed by atoms with Gasteiger partial charge in [0.15, 0.2) is 0 Å². The van der Waals surface area contributed by atoms with Crippen LogP contribution in [0.15, 0.2) is 6.20 Å². The molecule has 0 amide bonds. The fourth-order valence-electron chi connectivity index (χ4n) is 2.11. The minimum Gasteiger partial charge on any atom is -0.378 e. The molecule has 0 spiro atoms. The second-order valence-electron chi connectivity index (χ2n) is 4.47. The molecule has 1 aromatic rings. The molecule has 102 valence electrons. The quantitative estimate of drug-likeness (QED) is 0.881. The first-order chi connectivity index (χ1) is 8.54. The fraction of sp³-hybridized carbons (Fsp3) is 0.727. The van der Waals surface area contributed by atoms with E-state index in [2.05, 4.69) is 9.97 Å². The van der Waals surface area contributed by atoms with Crippen molar-refractivity contribution in [1.82, 2.24) is 14.3 Å². The SMILES string of the molecule is CCCS(=O)(=O)N1CCOC[C@@H]1c1ncc(C)[nH]1. The Bertz CT molecular complexity index is 497. The zero-order valence-electron chi connectivity index (χ0n) is 10.7. The van der Waals surface area contributed by atoms with Gasteiger partial charge in [0.2, 0.25) is 10.0 Å². The van der Waals surface area contributed by atoms with Gasteiger partial charge >= 0.3 is 0 Å². The molecule has 0 aromatic carbocycles. The van der Waals surface area contributed by atoms with Crippen molar-refractivity contribution in [3.8, 4) is 0 Å². The minimum atomic E-state index is -3.23. The highest BCUT2D eigenvalue weighted by Gasteiger charge is 2.34. The van der Waals surface area contributed by atoms with Gasteiger partial charge in [-0.3, -0.25) is 0 Å². The lowest BCUT2D eigenvalue weighted by Crippen LogP contribution is -2.44. The number of nitrogens with one attached hydrogen (secondary N) is 1. The normalized spacial score (nSPS) is 22.2. The Morgan fingerprint density at radius 2 is 2.39 bits per heavy atom. The first-order valence-corrected chi connectivity index (χ1v) is 7.74. The van der Waals surface area contributed by atoms with Crippen molar-refractivity contribution < 1.29 is 13.2 Å². The lowest BCUT2D eigenvalue weighted by Gasteiger charge is -2.33. The zero-order valence-corrected chi connectivity index (χ0v) is 11.5. The largest absolute Gasteiger partial charge is 0.378 e. The van der Waals surface area contributed by atoms with Gasteiger partial charge in [0.1, 0.15) is 11.9 Å². The van der Waals surface area contributed by atoms with Crippen LogP contribution in [0, 0.1) is 6.92 Å². The molecule has 2 rings (SSSR count). The summed E-state index contributed by atoms with van der Waals surface area (Å²) in [5.74, 6) is 0.829. The Balaban J connectivity index is 2.26. The van der Waals surface area contributed by atoms with Crippen molar-refractivity contribution >= 4 is 10.0 Å². The lowest BCUT2D eigenvalue weighted by molar-refractivity contribution is 0.0292. The number of imidazole rings is 1. The van der Waals surface area contributed by atoms with E-state index in [9.17, 15) is 8.42 Å². The first-order valence-electron chi connectivity index (χ1n) is 6.13. The standard InChI is InChI=1S/C11H19N3O3S/c1-3-6-18(15,16)14-4-5-17-8-10(14)11-12-7-9(2)13-11/h7,10H,3-6,8H2,1-2H3,(H,12,13)/t10-/m1/s1. The average Bonchev–Trinajstić information content (AvgIpc) is 2.76. The average molecular weight is 273 g/mol. The highest BCUT2D eigenvalue weighted by molar-refractivity contribution is 7.89. The fourth-order valence-corrected chi connectivity index (χ4v) is 3.77. The van der Waals surface area contributed by atoms with Gasteiger partial charge in [-0.1, -0.05) is 6.92 Å². The molecule has 0 aliphatic carbocycles. The highest BCUT2D eigenvalue weighted by atomic mass is 32.2. The van der Waals surface area contributed by atoms with E-state index in [0.29, 0.717) is 32.0 Å². The number of hydrogen-bond acceptors (Lipinski definition) is 4. The summed E-state index contributed by atoms with van der Waals surface area (Å²) in [7, 11) is -3.23. The number of morpholine rings is 1. The zero-order chi connectivity index (χ0) is 13.2. The van der Waals surface area contributed by atoms with Crippen molar-refractivity contribution in [3.63, 3.8) is 0 Å². The topological polar surface area (TPSA) is 75.3 Å². The second-order valence-corrected chi connectivity index (χ2v) is 6.51. The number of nitrogens with zero attached hydrogens (tertiary/aromatic N) is 2. The maximum absolute atomic E-state index is 12.2. The van der Waals surface area contributed by atoms with Crippen LogP contribution in [0.4, 0.5) is 0 Å². The number of sulfonamides is 1. The van der Waals surface area contributed by atoms with Crippen molar-refractivity contribution in [1.29, 1.82) is 0 Å². The third-order valence-corrected chi connectivity index (χ3v) is 5.01. The first kappa shape index (κ1) is 13.5. The molecular formula is C11H19N3O3S. The van der Waals surface area contributed by atoms with Crippen molar-refractivity contribution in [3.05, 3.63) is 17.7 Å². The summed E-state index contributed by atoms with van der Waals surface area (Å²) < 4.78 is 31.3. The van der Waals surface area contributed by atoms with E-state index < -0.39 is 10.0 Å². The number of aromatic nitrogens is 2. The number of ether oxygens (including phenoxy) is 1. The maximum atomic E-state index is 12.2. The van der Waals surface area contributed by atoms with Gasteiger partial charge in [-0.15, -0.1) is 0 Å². The summed E-state index contributed by atoms with van der Waals surface area (Å²) in [6.45, 7) is 4.96. The summed E-state index contributed by atoms with van der Waals surface area (Å²) in [6, 6.07) is -0.330. The Hall–Kier alpha value is -0.920. The molecule has 0 unspecified atom stereocenters. The second kappa shape index (κ2) is 5.38. The molecular weight excluding hydrogens is 254 g/mol. The van der Waals surface area contributed by atoms with Gasteiger partial charge in [-0.2, -0.15) is 4.31 Å². The van der Waals surface area contributed by atoms with Crippen molar-refractivity contribution in [2.75, 3.05) is 25.5 Å². The molecule has 0 bridgehead atoms. The number of hydrogen-bond donors (Lipinski definition) is 1. The molecule has 0 radical (unpaired) electrons. The monoisotopic (exact) mass is 273 g/mol. The predicted octanol–water partition coefficient (Wildman–Crippen LogP) is 0.831. The molecule has 1 aliphatic rings. The molecule has 1 N–H and O–H groups in total. The smallest absolute Gasteiger partial charge is 0.214 e. The van der Waals surface area contributed by atoms with E-state index in [1.165, 1.54) is 4.31 Å². The summed E-state index contributed by atoms with van der Waals surface area (Å²) in [5.41, 5.74) is 0.920. The Labute approximate surface area is 107 Å². The molecule has 2 heterocycles. The van der Waals surface area contributed by atoms with Gasteiger partial charge in [0, 0.05) is 18.4 Å². The van der Waals surface area contributed by atoms with Crippen LogP contribution < -0.4 is 0 Å². The number of rotatable bonds is 4. The van der Waals surface area contributed by atoms with E-state index in [1.807, 2.05) is 13.8 Å². The Morgan fingerprint density at radius 3 is 3.00 bits per heavy atom. The van der Waals surface area contributed by atoms with Crippen LogP contribution in [0.3, 0.4) is 0 Å². The van der Waals surface area contributed by atoms with E-state index >= 15 is 0 Å². The Kier molecular flexibility index (Phi) is 4.04. The maximum Gasteiger partial charge on any atom is 0.214 e. The minimum absolute atomic E-state index is 0.170. The van der Waals surface area contributed by atoms with Crippen LogP contribution >= 0.6 is 0 Å². The lowest BCUT2D eigenvalue weighted by atomic mass is 10.2. The van der Waals surface area contributed by atoms with Crippen LogP contribution in [0.1, 0.15) is 30.9 Å². The van der Waals surface area contributed by atoms with Gasteiger partial charge in [-0.25, -0.2) is 13.4 Å². The molecule has 1 aliphatic heterocycles. The summed E-state index contributed by atoms with van der Waals surface area (Å²) in [5, 5.41) is 0. The Morgan fingerprint density at radius 1 is 1.61 bits per heavy atom. The summed E-state index contributed by atoms with van der Waals surface area (Å²) in [6.07, 6.45) is 2.32. The van der Waals surface area contributed by atoms with Crippen LogP contribution in [-0.2, 0) is 14.8 Å². The van der Waals surface area contributed by atoms with E-state index in [-0.39, 0.29) is 11.8 Å². The van der Waals surface area contributed by atoms with Crippen LogP contribution in [0.5, 0.6) is 0 Å². The van der Waals surface area contributed by atoms with Crippen LogP contribution in [0.2, 0.25) is 0 Å². The van der Waals surface area contributed by atoms with Crippen molar-refractivity contribution in [2.24, 2.45) is 0 Å². The molecule has 1 atom stereocenters. The third kappa shape index (κ3) is 2.73. The molecule has 1 aromatic heterocycles. The van der Waals surface area contributed by atoms with E-state index in [1.54, 1.807) is 6.20 Å². The van der Waals surface area contributed by atoms with E-state index in [4.69, 9.17) is 4.74 Å². The number of aryl methyl sites for hydroxylation is 1. The predicted molar refractivity (Wildman–Crippen MR) is 67.7 cm³/mol.